The monoisotopic (exact) mass is 218 g/mol. The van der Waals surface area contributed by atoms with Crippen molar-refractivity contribution in [3.05, 3.63) is 29.8 Å². The molecule has 1 aliphatic rings. The minimum Gasteiger partial charge on any atom is -0.494 e. The number of benzene rings is 1. The zero-order chi connectivity index (χ0) is 11.8. The summed E-state index contributed by atoms with van der Waals surface area (Å²) in [7, 11) is 0. The lowest BCUT2D eigenvalue weighted by Gasteiger charge is -2.26. The number of quaternary nitrogens is 1. The first-order valence-electron chi connectivity index (χ1n) is 5.84. The van der Waals surface area contributed by atoms with E-state index in [1.807, 2.05) is 13.0 Å². The van der Waals surface area contributed by atoms with Gasteiger partial charge in [-0.15, -0.1) is 0 Å². The summed E-state index contributed by atoms with van der Waals surface area (Å²) in [5, 5.41) is 2.31. The van der Waals surface area contributed by atoms with Crippen molar-refractivity contribution in [1.29, 1.82) is 0 Å². The number of nitrogens with two attached hydrogens (primary N) is 1. The van der Waals surface area contributed by atoms with Crippen molar-refractivity contribution in [2.45, 2.75) is 33.2 Å². The standard InChI is InChI=1S/C14H19NO/c1-5-16-11-6-7-13-12(8-11)10(2)9-14(3,4)15-13/h6-9,15H,5H2,1-4H3/p+1. The molecule has 0 bridgehead atoms. The van der Waals surface area contributed by atoms with Gasteiger partial charge in [-0.1, -0.05) is 0 Å². The first-order chi connectivity index (χ1) is 7.52. The van der Waals surface area contributed by atoms with Crippen LogP contribution >= 0.6 is 0 Å². The molecule has 1 aromatic rings. The fourth-order valence-corrected chi connectivity index (χ4v) is 2.34. The minimum absolute atomic E-state index is 0.157. The normalized spacial score (nSPS) is 17.6. The summed E-state index contributed by atoms with van der Waals surface area (Å²) in [6, 6.07) is 6.34. The molecule has 1 aromatic carbocycles. The first-order valence-corrected chi connectivity index (χ1v) is 5.84. The molecule has 2 rings (SSSR count). The van der Waals surface area contributed by atoms with E-state index in [9.17, 15) is 0 Å². The molecule has 0 saturated heterocycles. The Labute approximate surface area is 97.3 Å². The van der Waals surface area contributed by atoms with E-state index in [0.717, 1.165) is 12.4 Å². The minimum atomic E-state index is 0.157. The fourth-order valence-electron chi connectivity index (χ4n) is 2.34. The molecular weight excluding hydrogens is 198 g/mol. The van der Waals surface area contributed by atoms with Gasteiger partial charge in [0, 0.05) is 11.6 Å². The Morgan fingerprint density at radius 1 is 1.31 bits per heavy atom. The van der Waals surface area contributed by atoms with Crippen LogP contribution in [0.4, 0.5) is 5.69 Å². The highest BCUT2D eigenvalue weighted by Gasteiger charge is 2.27. The largest absolute Gasteiger partial charge is 0.494 e. The third-order valence-electron chi connectivity index (χ3n) is 2.88. The van der Waals surface area contributed by atoms with Crippen LogP contribution in [0.2, 0.25) is 0 Å². The lowest BCUT2D eigenvalue weighted by Crippen LogP contribution is -2.90. The average Bonchev–Trinajstić information content (AvgIpc) is 2.18. The van der Waals surface area contributed by atoms with Crippen molar-refractivity contribution in [2.24, 2.45) is 0 Å². The van der Waals surface area contributed by atoms with E-state index in [0.29, 0.717) is 0 Å². The van der Waals surface area contributed by atoms with Crippen LogP contribution in [-0.2, 0) is 0 Å². The van der Waals surface area contributed by atoms with Crippen molar-refractivity contribution < 1.29 is 10.1 Å². The van der Waals surface area contributed by atoms with Crippen molar-refractivity contribution in [1.82, 2.24) is 0 Å². The molecule has 2 N–H and O–H groups in total. The van der Waals surface area contributed by atoms with Crippen LogP contribution in [0.25, 0.3) is 5.57 Å². The maximum atomic E-state index is 5.53. The summed E-state index contributed by atoms with van der Waals surface area (Å²) in [6.07, 6.45) is 2.31. The molecule has 0 amide bonds. The van der Waals surface area contributed by atoms with Gasteiger partial charge in [-0.05, 0) is 51.5 Å². The van der Waals surface area contributed by atoms with E-state index in [4.69, 9.17) is 4.74 Å². The zero-order valence-corrected chi connectivity index (χ0v) is 10.5. The number of fused-ring (bicyclic) bond motifs is 1. The van der Waals surface area contributed by atoms with E-state index in [1.54, 1.807) is 0 Å². The number of rotatable bonds is 2. The topological polar surface area (TPSA) is 25.8 Å². The van der Waals surface area contributed by atoms with E-state index >= 15 is 0 Å². The van der Waals surface area contributed by atoms with Crippen LogP contribution in [0.1, 0.15) is 33.3 Å². The van der Waals surface area contributed by atoms with Gasteiger partial charge in [0.15, 0.2) is 0 Å². The summed E-state index contributed by atoms with van der Waals surface area (Å²) in [6.45, 7) is 9.36. The van der Waals surface area contributed by atoms with Gasteiger partial charge in [-0.2, -0.15) is 0 Å². The molecule has 16 heavy (non-hydrogen) atoms. The molecule has 2 nitrogen and oxygen atoms in total. The van der Waals surface area contributed by atoms with E-state index in [-0.39, 0.29) is 5.54 Å². The Balaban J connectivity index is 2.42. The quantitative estimate of drug-likeness (QED) is 0.758. The molecule has 0 aliphatic carbocycles. The Bertz CT molecular complexity index is 432. The Kier molecular flexibility index (Phi) is 2.76. The lowest BCUT2D eigenvalue weighted by molar-refractivity contribution is -0.634. The van der Waals surface area contributed by atoms with Gasteiger partial charge >= 0.3 is 0 Å². The molecule has 0 aromatic heterocycles. The highest BCUT2D eigenvalue weighted by Crippen LogP contribution is 2.30. The van der Waals surface area contributed by atoms with Crippen molar-refractivity contribution >= 4 is 11.3 Å². The number of hydrogen-bond donors (Lipinski definition) is 1. The smallest absolute Gasteiger partial charge is 0.138 e. The van der Waals surface area contributed by atoms with Gasteiger partial charge in [0.05, 0.1) is 6.61 Å². The summed E-state index contributed by atoms with van der Waals surface area (Å²) in [5.74, 6) is 0.960. The molecular formula is C14H20NO+. The van der Waals surface area contributed by atoms with Crippen LogP contribution in [0, 0.1) is 0 Å². The van der Waals surface area contributed by atoms with Crippen LogP contribution in [0.3, 0.4) is 0 Å². The molecule has 0 spiro atoms. The number of hydrogen-bond acceptors (Lipinski definition) is 1. The SMILES string of the molecule is CCOc1ccc2c(c1)C(C)=CC(C)(C)[NH2+]2. The molecule has 1 aliphatic heterocycles. The first kappa shape index (κ1) is 11.2. The van der Waals surface area contributed by atoms with Crippen molar-refractivity contribution in [3.8, 4) is 5.75 Å². The molecule has 0 radical (unpaired) electrons. The van der Waals surface area contributed by atoms with Crippen molar-refractivity contribution in [2.75, 3.05) is 6.61 Å². The Morgan fingerprint density at radius 3 is 2.75 bits per heavy atom. The van der Waals surface area contributed by atoms with Gasteiger partial charge in [-0.3, -0.25) is 0 Å². The van der Waals surface area contributed by atoms with Gasteiger partial charge in [0.1, 0.15) is 17.0 Å². The maximum Gasteiger partial charge on any atom is 0.138 e. The Hall–Kier alpha value is -1.28. The van der Waals surface area contributed by atoms with Gasteiger partial charge in [-0.25, -0.2) is 0 Å². The highest BCUT2D eigenvalue weighted by atomic mass is 16.5. The maximum absolute atomic E-state index is 5.53. The number of ether oxygens (including phenoxy) is 1. The van der Waals surface area contributed by atoms with Gasteiger partial charge in [0.25, 0.3) is 0 Å². The molecule has 0 saturated carbocycles. The van der Waals surface area contributed by atoms with E-state index < -0.39 is 0 Å². The summed E-state index contributed by atoms with van der Waals surface area (Å²) in [4.78, 5) is 0. The third kappa shape index (κ3) is 2.12. The van der Waals surface area contributed by atoms with Gasteiger partial charge < -0.3 is 10.1 Å². The predicted octanol–water partition coefficient (Wildman–Crippen LogP) is 2.48. The molecule has 86 valence electrons. The Morgan fingerprint density at radius 2 is 2.06 bits per heavy atom. The second-order valence-corrected chi connectivity index (χ2v) is 4.98. The second-order valence-electron chi connectivity index (χ2n) is 4.98. The van der Waals surface area contributed by atoms with Crippen molar-refractivity contribution in [3.63, 3.8) is 0 Å². The molecule has 0 unspecified atom stereocenters. The second kappa shape index (κ2) is 3.95. The van der Waals surface area contributed by atoms with E-state index in [2.05, 4.69) is 44.3 Å². The van der Waals surface area contributed by atoms with Crippen LogP contribution in [0.5, 0.6) is 5.75 Å². The average molecular weight is 218 g/mol. The fraction of sp³-hybridized carbons (Fsp3) is 0.429. The lowest BCUT2D eigenvalue weighted by atomic mass is 9.91. The predicted molar refractivity (Wildman–Crippen MR) is 66.9 cm³/mol. The molecule has 0 atom stereocenters. The summed E-state index contributed by atoms with van der Waals surface area (Å²) >= 11 is 0. The zero-order valence-electron chi connectivity index (χ0n) is 10.5. The van der Waals surface area contributed by atoms with Crippen LogP contribution in [-0.4, -0.2) is 12.1 Å². The summed E-state index contributed by atoms with van der Waals surface area (Å²) < 4.78 is 5.53. The van der Waals surface area contributed by atoms with Gasteiger partial charge in [0.2, 0.25) is 0 Å². The molecule has 2 heteroatoms. The van der Waals surface area contributed by atoms with Crippen LogP contribution in [0.15, 0.2) is 24.3 Å². The van der Waals surface area contributed by atoms with E-state index in [1.165, 1.54) is 16.8 Å². The molecule has 1 heterocycles. The number of allylic oxidation sites excluding steroid dienone is 1. The summed E-state index contributed by atoms with van der Waals surface area (Å²) in [5.41, 5.74) is 4.10. The third-order valence-corrected chi connectivity index (χ3v) is 2.88. The highest BCUT2D eigenvalue weighted by molar-refractivity contribution is 5.74. The molecule has 0 fully saturated rings. The van der Waals surface area contributed by atoms with Crippen LogP contribution < -0.4 is 10.1 Å².